The molecule has 1 aromatic carbocycles. The minimum Gasteiger partial charge on any atom is -0.494 e. The molecule has 1 heteroatoms. The van der Waals surface area contributed by atoms with Crippen LogP contribution in [0.1, 0.15) is 18.1 Å². The van der Waals surface area contributed by atoms with E-state index in [-0.39, 0.29) is 0 Å². The largest absolute Gasteiger partial charge is 0.494 e. The van der Waals surface area contributed by atoms with Gasteiger partial charge in [-0.25, -0.2) is 0 Å². The van der Waals surface area contributed by atoms with Gasteiger partial charge >= 0.3 is 0 Å². The average Bonchev–Trinajstić information content (AvgIpc) is 2.06. The van der Waals surface area contributed by atoms with Crippen molar-refractivity contribution in [1.82, 2.24) is 0 Å². The Hall–Kier alpha value is -1.24. The first-order valence-electron chi connectivity index (χ1n) is 4.12. The number of hydrogen-bond acceptors (Lipinski definition) is 1. The minimum atomic E-state index is 0.673. The van der Waals surface area contributed by atoms with E-state index in [1.54, 1.807) is 0 Å². The summed E-state index contributed by atoms with van der Waals surface area (Å²) < 4.78 is 5.27. The summed E-state index contributed by atoms with van der Waals surface area (Å²) in [5.41, 5.74) is 2.31. The summed E-state index contributed by atoms with van der Waals surface area (Å²) in [6, 6.07) is 8.15. The third-order valence-corrected chi connectivity index (χ3v) is 1.69. The Morgan fingerprint density at radius 2 is 1.92 bits per heavy atom. The maximum absolute atomic E-state index is 5.27. The molecule has 0 unspecified atom stereocenters. The number of ether oxygens (including phenoxy) is 1. The summed E-state index contributed by atoms with van der Waals surface area (Å²) in [5.74, 6) is 0.748. The normalized spacial score (nSPS) is 9.50. The molecule has 0 saturated carbocycles. The van der Waals surface area contributed by atoms with E-state index >= 15 is 0 Å². The molecule has 0 N–H and O–H groups in total. The van der Waals surface area contributed by atoms with E-state index in [1.807, 2.05) is 19.1 Å². The predicted octanol–water partition coefficient (Wildman–Crippen LogP) is 3.00. The van der Waals surface area contributed by atoms with Crippen molar-refractivity contribution in [3.63, 3.8) is 0 Å². The molecule has 64 valence electrons. The maximum atomic E-state index is 5.27. The first kappa shape index (κ1) is 8.85. The van der Waals surface area contributed by atoms with Crippen LogP contribution >= 0.6 is 0 Å². The Labute approximate surface area is 73.7 Å². The van der Waals surface area contributed by atoms with Crippen molar-refractivity contribution in [3.8, 4) is 0 Å². The Kier molecular flexibility index (Phi) is 2.92. The lowest BCUT2D eigenvalue weighted by Gasteiger charge is -2.06. The van der Waals surface area contributed by atoms with E-state index in [9.17, 15) is 0 Å². The van der Waals surface area contributed by atoms with Crippen molar-refractivity contribution in [2.45, 2.75) is 13.8 Å². The van der Waals surface area contributed by atoms with Crippen LogP contribution in [0, 0.1) is 6.92 Å². The molecule has 12 heavy (non-hydrogen) atoms. The van der Waals surface area contributed by atoms with Crippen molar-refractivity contribution in [3.05, 3.63) is 42.0 Å². The van der Waals surface area contributed by atoms with E-state index in [4.69, 9.17) is 4.74 Å². The van der Waals surface area contributed by atoms with Crippen LogP contribution in [-0.4, -0.2) is 6.61 Å². The molecule has 1 aromatic rings. The number of aryl methyl sites for hydroxylation is 1. The monoisotopic (exact) mass is 162 g/mol. The van der Waals surface area contributed by atoms with Crippen LogP contribution in [0.4, 0.5) is 0 Å². The third kappa shape index (κ3) is 2.12. The van der Waals surface area contributed by atoms with E-state index in [1.165, 1.54) is 5.56 Å². The Bertz CT molecular complexity index is 259. The maximum Gasteiger partial charge on any atom is 0.119 e. The topological polar surface area (TPSA) is 9.23 Å². The van der Waals surface area contributed by atoms with Gasteiger partial charge < -0.3 is 4.74 Å². The van der Waals surface area contributed by atoms with Gasteiger partial charge in [-0.3, -0.25) is 0 Å². The van der Waals surface area contributed by atoms with Crippen LogP contribution in [0.2, 0.25) is 0 Å². The third-order valence-electron chi connectivity index (χ3n) is 1.69. The van der Waals surface area contributed by atoms with Crippen LogP contribution in [-0.2, 0) is 4.74 Å². The molecule has 0 aliphatic carbocycles. The van der Waals surface area contributed by atoms with E-state index < -0.39 is 0 Å². The van der Waals surface area contributed by atoms with Crippen molar-refractivity contribution < 1.29 is 4.74 Å². The van der Waals surface area contributed by atoms with Crippen LogP contribution in [0.3, 0.4) is 0 Å². The highest BCUT2D eigenvalue weighted by atomic mass is 16.5. The van der Waals surface area contributed by atoms with Crippen LogP contribution in [0.5, 0.6) is 0 Å². The van der Waals surface area contributed by atoms with Crippen LogP contribution in [0.25, 0.3) is 5.76 Å². The smallest absolute Gasteiger partial charge is 0.119 e. The van der Waals surface area contributed by atoms with Gasteiger partial charge in [-0.15, -0.1) is 0 Å². The second kappa shape index (κ2) is 3.96. The molecule has 1 rings (SSSR count). The van der Waals surface area contributed by atoms with Crippen LogP contribution in [0.15, 0.2) is 30.8 Å². The first-order chi connectivity index (χ1) is 5.74. The lowest BCUT2D eigenvalue weighted by molar-refractivity contribution is 0.299. The fourth-order valence-electron chi connectivity index (χ4n) is 0.997. The molecule has 0 heterocycles. The van der Waals surface area contributed by atoms with Gasteiger partial charge in [0.15, 0.2) is 0 Å². The highest BCUT2D eigenvalue weighted by Crippen LogP contribution is 2.13. The van der Waals surface area contributed by atoms with E-state index in [0.29, 0.717) is 6.61 Å². The van der Waals surface area contributed by atoms with Crippen molar-refractivity contribution in [2.75, 3.05) is 6.61 Å². The van der Waals surface area contributed by atoms with E-state index in [2.05, 4.69) is 25.6 Å². The quantitative estimate of drug-likeness (QED) is 0.621. The molecule has 0 spiro atoms. The Balaban J connectivity index is 2.75. The number of hydrogen-bond donors (Lipinski definition) is 0. The zero-order chi connectivity index (χ0) is 8.97. The molecule has 0 fully saturated rings. The Morgan fingerprint density at radius 3 is 2.42 bits per heavy atom. The summed E-state index contributed by atoms with van der Waals surface area (Å²) in [4.78, 5) is 0. The van der Waals surface area contributed by atoms with Gasteiger partial charge in [0.25, 0.3) is 0 Å². The molecule has 0 radical (unpaired) electrons. The van der Waals surface area contributed by atoms with Crippen molar-refractivity contribution >= 4 is 5.76 Å². The van der Waals surface area contributed by atoms with Gasteiger partial charge in [0.05, 0.1) is 6.61 Å². The van der Waals surface area contributed by atoms with Gasteiger partial charge in [0, 0.05) is 5.56 Å². The highest BCUT2D eigenvalue weighted by Gasteiger charge is 1.96. The summed E-state index contributed by atoms with van der Waals surface area (Å²) >= 11 is 0. The average molecular weight is 162 g/mol. The lowest BCUT2D eigenvalue weighted by atomic mass is 10.1. The van der Waals surface area contributed by atoms with Gasteiger partial charge in [0.2, 0.25) is 0 Å². The fourth-order valence-corrected chi connectivity index (χ4v) is 0.997. The Morgan fingerprint density at radius 1 is 1.33 bits per heavy atom. The second-order valence-electron chi connectivity index (χ2n) is 2.72. The first-order valence-corrected chi connectivity index (χ1v) is 4.12. The molecule has 0 aliphatic rings. The molecule has 0 amide bonds. The zero-order valence-corrected chi connectivity index (χ0v) is 7.63. The standard InChI is InChI=1S/C11H14O/c1-4-12-10(3)11-7-5-9(2)6-8-11/h5-8H,3-4H2,1-2H3. The van der Waals surface area contributed by atoms with Gasteiger partial charge in [-0.2, -0.15) is 0 Å². The van der Waals surface area contributed by atoms with E-state index in [0.717, 1.165) is 11.3 Å². The summed E-state index contributed by atoms with van der Waals surface area (Å²) in [7, 11) is 0. The molecular formula is C11H14O. The fraction of sp³-hybridized carbons (Fsp3) is 0.273. The molecule has 0 atom stereocenters. The molecule has 0 aliphatic heterocycles. The molecule has 0 bridgehead atoms. The number of benzene rings is 1. The summed E-state index contributed by atoms with van der Waals surface area (Å²) in [5, 5.41) is 0. The van der Waals surface area contributed by atoms with Crippen LogP contribution < -0.4 is 0 Å². The molecular weight excluding hydrogens is 148 g/mol. The number of rotatable bonds is 3. The van der Waals surface area contributed by atoms with Gasteiger partial charge in [-0.05, 0) is 13.8 Å². The van der Waals surface area contributed by atoms with Crippen molar-refractivity contribution in [2.24, 2.45) is 0 Å². The zero-order valence-electron chi connectivity index (χ0n) is 7.63. The molecule has 0 saturated heterocycles. The summed E-state index contributed by atoms with van der Waals surface area (Å²) in [6.07, 6.45) is 0. The summed E-state index contributed by atoms with van der Waals surface area (Å²) in [6.45, 7) is 8.52. The van der Waals surface area contributed by atoms with Crippen molar-refractivity contribution in [1.29, 1.82) is 0 Å². The van der Waals surface area contributed by atoms with Gasteiger partial charge in [0.1, 0.15) is 5.76 Å². The SMILES string of the molecule is C=C(OCC)c1ccc(C)cc1. The molecule has 1 nitrogen and oxygen atoms in total. The second-order valence-corrected chi connectivity index (χ2v) is 2.72. The molecule has 0 aromatic heterocycles. The minimum absolute atomic E-state index is 0.673. The van der Waals surface area contributed by atoms with Gasteiger partial charge in [-0.1, -0.05) is 36.4 Å². The highest BCUT2D eigenvalue weighted by molar-refractivity contribution is 5.57. The predicted molar refractivity (Wildman–Crippen MR) is 51.8 cm³/mol. The lowest BCUT2D eigenvalue weighted by Crippen LogP contribution is -1.89.